The van der Waals surface area contributed by atoms with Crippen LogP contribution in [0.4, 0.5) is 11.4 Å². The number of rotatable bonds is 5. The van der Waals surface area contributed by atoms with Crippen molar-refractivity contribution in [3.8, 4) is 5.75 Å². The molecular formula is C17H18N2O4S. The van der Waals surface area contributed by atoms with Gasteiger partial charge in [0.25, 0.3) is 11.6 Å². The Morgan fingerprint density at radius 1 is 1.25 bits per heavy atom. The summed E-state index contributed by atoms with van der Waals surface area (Å²) < 4.78 is 5.16. The fourth-order valence-corrected chi connectivity index (χ4v) is 2.84. The summed E-state index contributed by atoms with van der Waals surface area (Å²) in [7, 11) is 1.44. The average Bonchev–Trinajstić information content (AvgIpc) is 2.56. The van der Waals surface area contributed by atoms with Crippen LogP contribution in [-0.4, -0.2) is 24.2 Å². The number of hydrogen-bond acceptors (Lipinski definition) is 5. The van der Waals surface area contributed by atoms with Crippen LogP contribution in [0.25, 0.3) is 0 Å². The van der Waals surface area contributed by atoms with Gasteiger partial charge >= 0.3 is 0 Å². The van der Waals surface area contributed by atoms with Crippen molar-refractivity contribution in [1.82, 2.24) is 0 Å². The summed E-state index contributed by atoms with van der Waals surface area (Å²) >= 11 is 1.36. The lowest BCUT2D eigenvalue weighted by atomic mass is 10.1. The number of aryl methyl sites for hydroxylation is 2. The zero-order valence-electron chi connectivity index (χ0n) is 13.9. The smallest absolute Gasteiger partial charge is 0.285 e. The van der Waals surface area contributed by atoms with Crippen LogP contribution in [0.5, 0.6) is 5.75 Å². The van der Waals surface area contributed by atoms with Gasteiger partial charge in [-0.1, -0.05) is 12.1 Å². The zero-order chi connectivity index (χ0) is 17.9. The van der Waals surface area contributed by atoms with Crippen LogP contribution in [0.15, 0.2) is 35.2 Å². The van der Waals surface area contributed by atoms with Crippen molar-refractivity contribution in [3.63, 3.8) is 0 Å². The number of ether oxygens (including phenoxy) is 1. The van der Waals surface area contributed by atoms with Gasteiger partial charge < -0.3 is 10.1 Å². The van der Waals surface area contributed by atoms with E-state index >= 15 is 0 Å². The summed E-state index contributed by atoms with van der Waals surface area (Å²) in [6, 6.07) is 8.43. The molecule has 2 aromatic carbocycles. The van der Waals surface area contributed by atoms with Gasteiger partial charge in [0.1, 0.15) is 11.3 Å². The van der Waals surface area contributed by atoms with Crippen LogP contribution < -0.4 is 10.1 Å². The predicted molar refractivity (Wildman–Crippen MR) is 95.3 cm³/mol. The number of nitro benzene ring substituents is 1. The van der Waals surface area contributed by atoms with Crippen molar-refractivity contribution in [1.29, 1.82) is 0 Å². The van der Waals surface area contributed by atoms with Gasteiger partial charge in [-0.15, -0.1) is 11.8 Å². The maximum Gasteiger partial charge on any atom is 0.285 e. The summed E-state index contributed by atoms with van der Waals surface area (Å²) in [6.07, 6.45) is 1.82. The van der Waals surface area contributed by atoms with Crippen LogP contribution in [0.1, 0.15) is 21.5 Å². The first kappa shape index (κ1) is 17.8. The van der Waals surface area contributed by atoms with Gasteiger partial charge in [0.05, 0.1) is 23.0 Å². The number of amides is 1. The predicted octanol–water partition coefficient (Wildman–Crippen LogP) is 4.19. The molecule has 24 heavy (non-hydrogen) atoms. The maximum absolute atomic E-state index is 12.6. The summed E-state index contributed by atoms with van der Waals surface area (Å²) in [4.78, 5) is 24.0. The largest absolute Gasteiger partial charge is 0.495 e. The van der Waals surface area contributed by atoms with Crippen molar-refractivity contribution in [3.05, 3.63) is 57.1 Å². The summed E-state index contributed by atoms with van der Waals surface area (Å²) in [5.74, 6) is -0.147. The van der Waals surface area contributed by atoms with Gasteiger partial charge in [0.2, 0.25) is 0 Å². The first-order valence-electron chi connectivity index (χ1n) is 7.16. The summed E-state index contributed by atoms with van der Waals surface area (Å²) in [5, 5.41) is 14.1. The molecule has 7 heteroatoms. The molecule has 0 aliphatic carbocycles. The lowest BCUT2D eigenvalue weighted by Gasteiger charge is -2.12. The van der Waals surface area contributed by atoms with E-state index < -0.39 is 10.8 Å². The molecule has 1 amide bonds. The maximum atomic E-state index is 12.6. The Hall–Kier alpha value is -2.54. The van der Waals surface area contributed by atoms with Crippen molar-refractivity contribution in [2.75, 3.05) is 18.7 Å². The van der Waals surface area contributed by atoms with E-state index in [0.717, 1.165) is 11.1 Å². The van der Waals surface area contributed by atoms with Gasteiger partial charge in [-0.05, 0) is 43.4 Å². The van der Waals surface area contributed by atoms with Gasteiger partial charge in [0.15, 0.2) is 0 Å². The van der Waals surface area contributed by atoms with Crippen molar-refractivity contribution < 1.29 is 14.5 Å². The Morgan fingerprint density at radius 2 is 1.96 bits per heavy atom. The molecule has 0 spiro atoms. The van der Waals surface area contributed by atoms with E-state index in [9.17, 15) is 14.9 Å². The van der Waals surface area contributed by atoms with Crippen LogP contribution in [-0.2, 0) is 0 Å². The Balaban J connectivity index is 2.47. The van der Waals surface area contributed by atoms with Gasteiger partial charge in [-0.2, -0.15) is 0 Å². The standard InChI is InChI=1S/C17H18N2O4S/c1-10-5-6-11(2)13(7-10)18-17(20)12-8-16(24-4)15(23-3)9-14(12)19(21)22/h5-9H,1-4H3,(H,18,20). The number of thioether (sulfide) groups is 1. The fourth-order valence-electron chi connectivity index (χ4n) is 2.26. The summed E-state index contributed by atoms with van der Waals surface area (Å²) in [6.45, 7) is 3.78. The number of methoxy groups -OCH3 is 1. The molecule has 0 unspecified atom stereocenters. The fraction of sp³-hybridized carbons (Fsp3) is 0.235. The molecule has 126 valence electrons. The Labute approximate surface area is 144 Å². The Kier molecular flexibility index (Phi) is 5.46. The number of hydrogen-bond donors (Lipinski definition) is 1. The summed E-state index contributed by atoms with van der Waals surface area (Å²) in [5.41, 5.74) is 2.23. The number of carbonyl (C=O) groups excluding carboxylic acids is 1. The van der Waals surface area contributed by atoms with E-state index in [2.05, 4.69) is 5.32 Å². The third kappa shape index (κ3) is 3.68. The second kappa shape index (κ2) is 7.35. The highest BCUT2D eigenvalue weighted by Crippen LogP contribution is 2.35. The minimum absolute atomic E-state index is 0.00561. The molecule has 0 atom stereocenters. The minimum atomic E-state index is -0.579. The number of anilines is 1. The van der Waals surface area contributed by atoms with E-state index in [1.54, 1.807) is 0 Å². The zero-order valence-corrected chi connectivity index (χ0v) is 14.7. The molecule has 0 saturated heterocycles. The first-order valence-corrected chi connectivity index (χ1v) is 8.39. The molecular weight excluding hydrogens is 328 g/mol. The van der Waals surface area contributed by atoms with Crippen LogP contribution >= 0.6 is 11.8 Å². The third-order valence-corrected chi connectivity index (χ3v) is 4.34. The molecule has 0 heterocycles. The number of nitro groups is 1. The lowest BCUT2D eigenvalue weighted by molar-refractivity contribution is -0.385. The van der Waals surface area contributed by atoms with Gasteiger partial charge in [0, 0.05) is 5.69 Å². The first-order chi connectivity index (χ1) is 11.4. The quantitative estimate of drug-likeness (QED) is 0.498. The minimum Gasteiger partial charge on any atom is -0.495 e. The molecule has 2 aromatic rings. The molecule has 6 nitrogen and oxygen atoms in total. The number of benzene rings is 2. The normalized spacial score (nSPS) is 10.3. The molecule has 0 radical (unpaired) electrons. The van der Waals surface area contributed by atoms with Crippen molar-refractivity contribution >= 4 is 29.0 Å². The number of nitrogens with one attached hydrogen (secondary N) is 1. The van der Waals surface area contributed by atoms with Crippen molar-refractivity contribution in [2.24, 2.45) is 0 Å². The SMILES string of the molecule is COc1cc([N+](=O)[O-])c(C(=O)Nc2cc(C)ccc2C)cc1SC. The van der Waals surface area contributed by atoms with Crippen LogP contribution in [0.3, 0.4) is 0 Å². The van der Waals surface area contributed by atoms with Crippen LogP contribution in [0.2, 0.25) is 0 Å². The van der Waals surface area contributed by atoms with Gasteiger partial charge in [-0.25, -0.2) is 0 Å². The molecule has 0 saturated carbocycles. The van der Waals surface area contributed by atoms with E-state index in [0.29, 0.717) is 16.3 Å². The Bertz CT molecular complexity index is 805. The third-order valence-electron chi connectivity index (χ3n) is 3.58. The Morgan fingerprint density at radius 3 is 2.54 bits per heavy atom. The average molecular weight is 346 g/mol. The molecule has 1 N–H and O–H groups in total. The van der Waals surface area contributed by atoms with E-state index in [-0.39, 0.29) is 11.3 Å². The molecule has 0 fully saturated rings. The van der Waals surface area contributed by atoms with E-state index in [1.807, 2.05) is 38.3 Å². The van der Waals surface area contributed by atoms with Crippen molar-refractivity contribution in [2.45, 2.75) is 18.7 Å². The van der Waals surface area contributed by atoms with E-state index in [4.69, 9.17) is 4.74 Å². The molecule has 0 aromatic heterocycles. The second-order valence-corrected chi connectivity index (χ2v) is 6.10. The monoisotopic (exact) mass is 346 g/mol. The van der Waals surface area contributed by atoms with Gasteiger partial charge in [-0.3, -0.25) is 14.9 Å². The second-order valence-electron chi connectivity index (χ2n) is 5.25. The molecule has 0 aliphatic heterocycles. The molecule has 0 bridgehead atoms. The number of nitrogens with zero attached hydrogens (tertiary/aromatic N) is 1. The molecule has 2 rings (SSSR count). The highest BCUT2D eigenvalue weighted by atomic mass is 32.2. The highest BCUT2D eigenvalue weighted by Gasteiger charge is 2.24. The van der Waals surface area contributed by atoms with Crippen LogP contribution in [0, 0.1) is 24.0 Å². The topological polar surface area (TPSA) is 81.5 Å². The molecule has 0 aliphatic rings. The lowest BCUT2D eigenvalue weighted by Crippen LogP contribution is -2.15. The highest BCUT2D eigenvalue weighted by molar-refractivity contribution is 7.98. The number of carbonyl (C=O) groups is 1. The van der Waals surface area contributed by atoms with E-state index in [1.165, 1.54) is 31.0 Å².